The second kappa shape index (κ2) is 5.19. The van der Waals surface area contributed by atoms with Crippen molar-refractivity contribution in [1.82, 2.24) is 9.88 Å². The number of nitrogens with zero attached hydrogens (tertiary/aromatic N) is 2. The minimum atomic E-state index is 0.621. The summed E-state index contributed by atoms with van der Waals surface area (Å²) in [7, 11) is 3.59. The second-order valence-corrected chi connectivity index (χ2v) is 4.14. The van der Waals surface area contributed by atoms with E-state index in [2.05, 4.69) is 22.7 Å². The Morgan fingerprint density at radius 1 is 1.57 bits per heavy atom. The molecule has 0 amide bonds. The molecule has 0 bridgehead atoms. The number of carbonyl (C=O) groups excluding carboxylic acids is 1. The van der Waals surface area contributed by atoms with Crippen LogP contribution in [-0.4, -0.2) is 36.8 Å². The zero-order valence-corrected chi connectivity index (χ0v) is 9.30. The zero-order valence-electron chi connectivity index (χ0n) is 8.49. The van der Waals surface area contributed by atoms with Gasteiger partial charge < -0.3 is 10.6 Å². The second-order valence-electron chi connectivity index (χ2n) is 3.03. The molecule has 0 aromatic carbocycles. The summed E-state index contributed by atoms with van der Waals surface area (Å²) in [5.41, 5.74) is 5.63. The van der Waals surface area contributed by atoms with E-state index in [0.717, 1.165) is 31.5 Å². The number of fused-ring (bicyclic) bond motifs is 1. The molecule has 0 unspecified atom stereocenters. The number of thiazole rings is 1. The Kier molecular flexibility index (Phi) is 4.19. The molecule has 0 fully saturated rings. The summed E-state index contributed by atoms with van der Waals surface area (Å²) in [6.07, 6.45) is 1.82. The molecule has 1 aliphatic rings. The summed E-state index contributed by atoms with van der Waals surface area (Å²) in [5, 5.41) is 0.621. The third kappa shape index (κ3) is 2.37. The largest absolute Gasteiger partial charge is 0.333 e. The van der Waals surface area contributed by atoms with Gasteiger partial charge in [-0.05, 0) is 14.1 Å². The first-order chi connectivity index (χ1) is 6.79. The van der Waals surface area contributed by atoms with Crippen molar-refractivity contribution in [3.05, 3.63) is 15.6 Å². The molecule has 2 heterocycles. The Hall–Kier alpha value is -0.780. The van der Waals surface area contributed by atoms with E-state index in [1.807, 2.05) is 0 Å². The molecule has 78 valence electrons. The Balaban J connectivity index is 0.000000461. The van der Waals surface area contributed by atoms with Crippen molar-refractivity contribution in [2.45, 2.75) is 13.0 Å². The minimum absolute atomic E-state index is 0.621. The molecule has 1 aliphatic heterocycles. The molecule has 4 nitrogen and oxygen atoms in total. The first-order valence-corrected chi connectivity index (χ1v) is 5.31. The van der Waals surface area contributed by atoms with Crippen LogP contribution in [0.25, 0.3) is 0 Å². The van der Waals surface area contributed by atoms with Crippen molar-refractivity contribution in [2.24, 2.45) is 5.73 Å². The van der Waals surface area contributed by atoms with Crippen LogP contribution in [0.15, 0.2) is 0 Å². The summed E-state index contributed by atoms with van der Waals surface area (Å²) in [6.45, 7) is 2.00. The predicted molar refractivity (Wildman–Crippen MR) is 57.7 cm³/mol. The summed E-state index contributed by atoms with van der Waals surface area (Å²) in [6, 6.07) is 0. The van der Waals surface area contributed by atoms with E-state index in [4.69, 9.17) is 0 Å². The number of aldehydes is 1. The van der Waals surface area contributed by atoms with E-state index >= 15 is 0 Å². The van der Waals surface area contributed by atoms with Crippen molar-refractivity contribution in [1.29, 1.82) is 0 Å². The van der Waals surface area contributed by atoms with E-state index in [-0.39, 0.29) is 0 Å². The topological polar surface area (TPSA) is 59.2 Å². The molecule has 0 radical (unpaired) electrons. The smallest absolute Gasteiger partial charge is 0.178 e. The Labute approximate surface area is 87.7 Å². The molecule has 1 aromatic rings. The first-order valence-electron chi connectivity index (χ1n) is 4.49. The van der Waals surface area contributed by atoms with Gasteiger partial charge in [-0.1, -0.05) is 0 Å². The van der Waals surface area contributed by atoms with Crippen LogP contribution in [0.3, 0.4) is 0 Å². The van der Waals surface area contributed by atoms with Crippen LogP contribution < -0.4 is 5.73 Å². The van der Waals surface area contributed by atoms with Crippen molar-refractivity contribution >= 4 is 17.6 Å². The van der Waals surface area contributed by atoms with Crippen LogP contribution in [0.4, 0.5) is 0 Å². The van der Waals surface area contributed by atoms with Crippen LogP contribution in [0.5, 0.6) is 0 Å². The van der Waals surface area contributed by atoms with E-state index < -0.39 is 0 Å². The number of aromatic nitrogens is 1. The van der Waals surface area contributed by atoms with E-state index in [1.54, 1.807) is 0 Å². The maximum Gasteiger partial charge on any atom is 0.178 e. The minimum Gasteiger partial charge on any atom is -0.333 e. The highest BCUT2D eigenvalue weighted by Crippen LogP contribution is 2.23. The molecule has 14 heavy (non-hydrogen) atoms. The van der Waals surface area contributed by atoms with Gasteiger partial charge in [0.15, 0.2) is 11.3 Å². The number of nitrogens with two attached hydrogens (primary N) is 1. The van der Waals surface area contributed by atoms with Gasteiger partial charge in [-0.15, -0.1) is 11.3 Å². The zero-order chi connectivity index (χ0) is 10.6. The van der Waals surface area contributed by atoms with Gasteiger partial charge in [0, 0.05) is 24.4 Å². The van der Waals surface area contributed by atoms with Gasteiger partial charge in [-0.2, -0.15) is 0 Å². The lowest BCUT2D eigenvalue weighted by molar-refractivity contribution is 0.112. The Morgan fingerprint density at radius 3 is 2.93 bits per heavy atom. The summed E-state index contributed by atoms with van der Waals surface area (Å²) in [4.78, 5) is 18.2. The van der Waals surface area contributed by atoms with E-state index in [0.29, 0.717) is 5.01 Å². The van der Waals surface area contributed by atoms with Gasteiger partial charge in [0.05, 0.1) is 5.69 Å². The lowest BCUT2D eigenvalue weighted by atomic mass is 10.2. The highest BCUT2D eigenvalue weighted by molar-refractivity contribution is 7.13. The standard InChI is InChI=1S/C8H10N2OS.CH5N/c1-10-3-2-6-7(4-10)12-8(5-11)9-6;1-2/h5H,2-4H2,1H3;2H2,1H3. The summed E-state index contributed by atoms with van der Waals surface area (Å²) >= 11 is 1.52. The number of hydrogen-bond donors (Lipinski definition) is 1. The van der Waals surface area contributed by atoms with Crippen molar-refractivity contribution in [3.8, 4) is 0 Å². The van der Waals surface area contributed by atoms with Gasteiger partial charge in [-0.3, -0.25) is 4.79 Å². The molecule has 1 aromatic heterocycles. The van der Waals surface area contributed by atoms with Gasteiger partial charge >= 0.3 is 0 Å². The SMILES string of the molecule is CN.CN1CCc2nc(C=O)sc2C1. The van der Waals surface area contributed by atoms with Gasteiger partial charge in [-0.25, -0.2) is 4.98 Å². The fourth-order valence-electron chi connectivity index (χ4n) is 1.39. The van der Waals surface area contributed by atoms with Crippen molar-refractivity contribution in [2.75, 3.05) is 20.6 Å². The molecular formula is C9H15N3OS. The van der Waals surface area contributed by atoms with Crippen molar-refractivity contribution in [3.63, 3.8) is 0 Å². The molecule has 0 spiro atoms. The van der Waals surface area contributed by atoms with Crippen LogP contribution in [0.2, 0.25) is 0 Å². The lowest BCUT2D eigenvalue weighted by Crippen LogP contribution is -2.25. The van der Waals surface area contributed by atoms with E-state index in [9.17, 15) is 4.79 Å². The summed E-state index contributed by atoms with van der Waals surface area (Å²) < 4.78 is 0. The van der Waals surface area contributed by atoms with Gasteiger partial charge in [0.2, 0.25) is 0 Å². The monoisotopic (exact) mass is 213 g/mol. The highest BCUT2D eigenvalue weighted by atomic mass is 32.1. The van der Waals surface area contributed by atoms with E-state index in [1.165, 1.54) is 23.3 Å². The van der Waals surface area contributed by atoms with Gasteiger partial charge in [0.25, 0.3) is 0 Å². The normalized spacial score (nSPS) is 15.4. The van der Waals surface area contributed by atoms with Crippen LogP contribution in [-0.2, 0) is 13.0 Å². The number of rotatable bonds is 1. The number of hydrogen-bond acceptors (Lipinski definition) is 5. The van der Waals surface area contributed by atoms with Crippen molar-refractivity contribution < 1.29 is 4.79 Å². The molecule has 5 heteroatoms. The van der Waals surface area contributed by atoms with Crippen LogP contribution >= 0.6 is 11.3 Å². The first kappa shape index (κ1) is 11.3. The average molecular weight is 213 g/mol. The summed E-state index contributed by atoms with van der Waals surface area (Å²) in [5.74, 6) is 0. The third-order valence-corrected chi connectivity index (χ3v) is 3.05. The predicted octanol–water partition coefficient (Wildman–Crippen LogP) is 0.518. The molecular weight excluding hydrogens is 198 g/mol. The molecule has 2 N–H and O–H groups in total. The maximum atomic E-state index is 10.4. The quantitative estimate of drug-likeness (QED) is 0.691. The Bertz CT molecular complexity index is 311. The third-order valence-electron chi connectivity index (χ3n) is 2.04. The van der Waals surface area contributed by atoms with Crippen LogP contribution in [0.1, 0.15) is 20.4 Å². The molecule has 0 atom stereocenters. The maximum absolute atomic E-state index is 10.4. The van der Waals surface area contributed by atoms with Crippen LogP contribution in [0, 0.1) is 0 Å². The molecule has 0 aliphatic carbocycles. The number of likely N-dealkylation sites (N-methyl/N-ethyl adjacent to an activating group) is 1. The average Bonchev–Trinajstić information content (AvgIpc) is 2.62. The lowest BCUT2D eigenvalue weighted by Gasteiger charge is -2.20. The highest BCUT2D eigenvalue weighted by Gasteiger charge is 2.17. The fraction of sp³-hybridized carbons (Fsp3) is 0.556. The fourth-order valence-corrected chi connectivity index (χ4v) is 2.40. The number of carbonyl (C=O) groups is 1. The Morgan fingerprint density at radius 2 is 2.29 bits per heavy atom. The molecule has 0 saturated heterocycles. The molecule has 2 rings (SSSR count). The molecule has 0 saturated carbocycles. The van der Waals surface area contributed by atoms with Gasteiger partial charge in [0.1, 0.15) is 0 Å².